The Morgan fingerprint density at radius 1 is 1.10 bits per heavy atom. The summed E-state index contributed by atoms with van der Waals surface area (Å²) in [6.45, 7) is 9.79. The predicted molar refractivity (Wildman–Crippen MR) is 82.8 cm³/mol. The predicted octanol–water partition coefficient (Wildman–Crippen LogP) is 1.77. The Kier molecular flexibility index (Phi) is 5.42. The van der Waals surface area contributed by atoms with Crippen molar-refractivity contribution in [1.29, 1.82) is 0 Å². The van der Waals surface area contributed by atoms with Crippen molar-refractivity contribution < 1.29 is 9.59 Å². The molecule has 3 amide bonds. The molecule has 0 atom stereocenters. The molecule has 0 unspecified atom stereocenters. The molecule has 1 saturated carbocycles. The summed E-state index contributed by atoms with van der Waals surface area (Å²) in [5.41, 5.74) is 0. The zero-order valence-corrected chi connectivity index (χ0v) is 12.6. The first kappa shape index (κ1) is 15.6. The number of amides is 3. The van der Waals surface area contributed by atoms with Crippen molar-refractivity contribution in [3.63, 3.8) is 0 Å². The van der Waals surface area contributed by atoms with Crippen LogP contribution in [0.1, 0.15) is 25.7 Å². The minimum atomic E-state index is 0.00914. The van der Waals surface area contributed by atoms with Crippen LogP contribution in [0, 0.1) is 5.92 Å². The van der Waals surface area contributed by atoms with Gasteiger partial charge in [-0.2, -0.15) is 0 Å². The minimum Gasteiger partial charge on any atom is -0.335 e. The van der Waals surface area contributed by atoms with E-state index in [1.54, 1.807) is 17.1 Å². The van der Waals surface area contributed by atoms with Crippen molar-refractivity contribution in [2.45, 2.75) is 31.7 Å². The number of nitrogens with one attached hydrogen (secondary N) is 1. The lowest BCUT2D eigenvalue weighted by Gasteiger charge is -2.33. The highest BCUT2D eigenvalue weighted by Gasteiger charge is 2.31. The number of nitrogens with zero attached hydrogens (tertiary/aromatic N) is 2. The second-order valence-electron chi connectivity index (χ2n) is 5.81. The normalized spacial score (nSPS) is 19.0. The number of urea groups is 1. The molecule has 1 aliphatic heterocycles. The molecule has 2 fully saturated rings. The Bertz CT molecular complexity index is 400. The summed E-state index contributed by atoms with van der Waals surface area (Å²) in [7, 11) is 0. The highest BCUT2D eigenvalue weighted by atomic mass is 16.2. The van der Waals surface area contributed by atoms with Crippen molar-refractivity contribution >= 4 is 11.9 Å². The topological polar surface area (TPSA) is 52.7 Å². The van der Waals surface area contributed by atoms with Crippen LogP contribution in [0.3, 0.4) is 0 Å². The van der Waals surface area contributed by atoms with Crippen LogP contribution in [0.4, 0.5) is 4.79 Å². The van der Waals surface area contributed by atoms with Gasteiger partial charge in [0.15, 0.2) is 0 Å². The van der Waals surface area contributed by atoms with E-state index in [1.165, 1.54) is 0 Å². The summed E-state index contributed by atoms with van der Waals surface area (Å²) >= 11 is 0. The van der Waals surface area contributed by atoms with Crippen LogP contribution in [0.15, 0.2) is 25.3 Å². The lowest BCUT2D eigenvalue weighted by atomic mass is 9.95. The number of hydrogen-bond acceptors (Lipinski definition) is 2. The molecule has 21 heavy (non-hydrogen) atoms. The number of rotatable bonds is 6. The molecule has 1 saturated heterocycles. The van der Waals surface area contributed by atoms with E-state index in [9.17, 15) is 9.59 Å². The summed E-state index contributed by atoms with van der Waals surface area (Å²) in [5.74, 6) is 0.159. The molecule has 5 heteroatoms. The van der Waals surface area contributed by atoms with E-state index in [4.69, 9.17) is 0 Å². The summed E-state index contributed by atoms with van der Waals surface area (Å²) in [6.07, 6.45) is 7.14. The largest absolute Gasteiger partial charge is 0.335 e. The fraction of sp³-hybridized carbons (Fsp3) is 0.625. The molecule has 1 N–H and O–H groups in total. The van der Waals surface area contributed by atoms with E-state index in [0.717, 1.165) is 25.7 Å². The Balaban J connectivity index is 1.81. The molecule has 0 bridgehead atoms. The fourth-order valence-electron chi connectivity index (χ4n) is 2.65. The van der Waals surface area contributed by atoms with Crippen LogP contribution in [0.25, 0.3) is 0 Å². The molecule has 0 aromatic rings. The smallest absolute Gasteiger partial charge is 0.317 e. The van der Waals surface area contributed by atoms with Gasteiger partial charge >= 0.3 is 6.03 Å². The van der Waals surface area contributed by atoms with Gasteiger partial charge < -0.3 is 15.1 Å². The lowest BCUT2D eigenvalue weighted by Crippen LogP contribution is -2.48. The van der Waals surface area contributed by atoms with Crippen LogP contribution in [-0.2, 0) is 4.79 Å². The zero-order valence-electron chi connectivity index (χ0n) is 12.6. The van der Waals surface area contributed by atoms with Gasteiger partial charge in [-0.15, -0.1) is 13.2 Å². The molecule has 0 radical (unpaired) electrons. The number of hydrogen-bond donors (Lipinski definition) is 1. The molecule has 1 heterocycles. The third-order valence-electron chi connectivity index (χ3n) is 4.05. The summed E-state index contributed by atoms with van der Waals surface area (Å²) in [4.78, 5) is 28.0. The first-order chi connectivity index (χ1) is 10.2. The highest BCUT2D eigenvalue weighted by molar-refractivity contribution is 5.80. The van der Waals surface area contributed by atoms with E-state index >= 15 is 0 Å². The van der Waals surface area contributed by atoms with Gasteiger partial charge in [0.25, 0.3) is 0 Å². The first-order valence-electron chi connectivity index (χ1n) is 7.71. The van der Waals surface area contributed by atoms with Crippen molar-refractivity contribution in [3.8, 4) is 0 Å². The van der Waals surface area contributed by atoms with E-state index < -0.39 is 0 Å². The standard InChI is InChI=1S/C16H25N3O2/c1-3-9-18(10-4-2)15(20)13-7-11-19(12-8-13)16(21)17-14-5-6-14/h3-4,13-14H,1-2,5-12H2,(H,17,21). The van der Waals surface area contributed by atoms with Crippen LogP contribution in [0.5, 0.6) is 0 Å². The van der Waals surface area contributed by atoms with Crippen LogP contribution >= 0.6 is 0 Å². The van der Waals surface area contributed by atoms with Gasteiger partial charge in [-0.05, 0) is 25.7 Å². The molecule has 116 valence electrons. The number of carbonyl (C=O) groups excluding carboxylic acids is 2. The average molecular weight is 291 g/mol. The third kappa shape index (κ3) is 4.34. The van der Waals surface area contributed by atoms with Crippen LogP contribution in [-0.4, -0.2) is 54.0 Å². The van der Waals surface area contributed by atoms with Gasteiger partial charge in [0.1, 0.15) is 0 Å². The van der Waals surface area contributed by atoms with Crippen molar-refractivity contribution in [1.82, 2.24) is 15.1 Å². The van der Waals surface area contributed by atoms with Gasteiger partial charge in [0.05, 0.1) is 0 Å². The zero-order chi connectivity index (χ0) is 15.2. The second kappa shape index (κ2) is 7.29. The van der Waals surface area contributed by atoms with E-state index in [1.807, 2.05) is 4.90 Å². The molecular formula is C16H25N3O2. The van der Waals surface area contributed by atoms with Gasteiger partial charge in [-0.25, -0.2) is 4.79 Å². The van der Waals surface area contributed by atoms with Gasteiger partial charge in [-0.1, -0.05) is 12.2 Å². The number of piperidine rings is 1. The van der Waals surface area contributed by atoms with Gasteiger partial charge in [0.2, 0.25) is 5.91 Å². The maximum atomic E-state index is 12.5. The first-order valence-corrected chi connectivity index (χ1v) is 7.71. The van der Waals surface area contributed by atoms with Crippen molar-refractivity contribution in [3.05, 3.63) is 25.3 Å². The quantitative estimate of drug-likeness (QED) is 0.758. The SMILES string of the molecule is C=CCN(CC=C)C(=O)C1CCN(C(=O)NC2CC2)CC1. The Morgan fingerprint density at radius 2 is 1.67 bits per heavy atom. The molecule has 2 rings (SSSR count). The number of likely N-dealkylation sites (tertiary alicyclic amines) is 1. The summed E-state index contributed by atoms with van der Waals surface area (Å²) < 4.78 is 0. The fourth-order valence-corrected chi connectivity index (χ4v) is 2.65. The average Bonchev–Trinajstić information content (AvgIpc) is 3.30. The summed E-state index contributed by atoms with van der Waals surface area (Å²) in [5, 5.41) is 3.00. The van der Waals surface area contributed by atoms with Gasteiger partial charge in [0, 0.05) is 38.1 Å². The maximum absolute atomic E-state index is 12.5. The minimum absolute atomic E-state index is 0.00914. The molecule has 0 spiro atoms. The third-order valence-corrected chi connectivity index (χ3v) is 4.05. The molecule has 1 aliphatic carbocycles. The maximum Gasteiger partial charge on any atom is 0.317 e. The molecule has 5 nitrogen and oxygen atoms in total. The van der Waals surface area contributed by atoms with Crippen molar-refractivity contribution in [2.24, 2.45) is 5.92 Å². The Hall–Kier alpha value is -1.78. The van der Waals surface area contributed by atoms with Gasteiger partial charge in [-0.3, -0.25) is 4.79 Å². The second-order valence-corrected chi connectivity index (χ2v) is 5.81. The number of carbonyl (C=O) groups is 2. The molecule has 0 aromatic carbocycles. The van der Waals surface area contributed by atoms with Crippen LogP contribution in [0.2, 0.25) is 0 Å². The Morgan fingerprint density at radius 3 is 2.14 bits per heavy atom. The van der Waals surface area contributed by atoms with E-state index in [0.29, 0.717) is 32.2 Å². The summed E-state index contributed by atoms with van der Waals surface area (Å²) in [6, 6.07) is 0.407. The molecule has 2 aliphatic rings. The van der Waals surface area contributed by atoms with Crippen molar-refractivity contribution in [2.75, 3.05) is 26.2 Å². The Labute approximate surface area is 126 Å². The molecule has 0 aromatic heterocycles. The van der Waals surface area contributed by atoms with E-state index in [2.05, 4.69) is 18.5 Å². The lowest BCUT2D eigenvalue weighted by molar-refractivity contribution is -0.135. The molecular weight excluding hydrogens is 266 g/mol. The van der Waals surface area contributed by atoms with Crippen LogP contribution < -0.4 is 5.32 Å². The highest BCUT2D eigenvalue weighted by Crippen LogP contribution is 2.22. The monoisotopic (exact) mass is 291 g/mol. The van der Waals surface area contributed by atoms with E-state index in [-0.39, 0.29) is 17.9 Å².